The number of halogens is 2. The van der Waals surface area contributed by atoms with E-state index in [1.54, 1.807) is 6.92 Å². The summed E-state index contributed by atoms with van der Waals surface area (Å²) in [5, 5.41) is 0. The maximum atomic E-state index is 13.5. The summed E-state index contributed by atoms with van der Waals surface area (Å²) in [6.45, 7) is 1.77. The predicted octanol–water partition coefficient (Wildman–Crippen LogP) is 2.21. The Bertz CT molecular complexity index is 423. The summed E-state index contributed by atoms with van der Waals surface area (Å²) in [6, 6.07) is 3.28. The Balaban J connectivity index is 0.000000771. The van der Waals surface area contributed by atoms with Crippen LogP contribution in [0.4, 0.5) is 8.78 Å². The molecule has 3 nitrogen and oxygen atoms in total. The minimum Gasteiger partial charge on any atom is -0.365 e. The van der Waals surface area contributed by atoms with E-state index in [1.807, 2.05) is 0 Å². The fourth-order valence-electron chi connectivity index (χ4n) is 2.00. The van der Waals surface area contributed by atoms with Gasteiger partial charge in [-0.1, -0.05) is 6.92 Å². The quantitative estimate of drug-likeness (QED) is 0.839. The van der Waals surface area contributed by atoms with Gasteiger partial charge in [-0.25, -0.2) is 8.78 Å². The standard InChI is InChI=1S/C12H12F2O2.CH5N/c1-7-4-9(15)6-16-12(7)10-5-8(13)2-3-11(10)14;1-2/h2-3,5,7,12H,4,6H2,1H3;2H2,1H3/t7-,12-;/m0./s1. The van der Waals surface area contributed by atoms with Crippen molar-refractivity contribution in [3.63, 3.8) is 0 Å². The van der Waals surface area contributed by atoms with E-state index in [1.165, 1.54) is 7.05 Å². The van der Waals surface area contributed by atoms with Crippen molar-refractivity contribution in [3.8, 4) is 0 Å². The summed E-state index contributed by atoms with van der Waals surface area (Å²) in [5.41, 5.74) is 4.69. The van der Waals surface area contributed by atoms with Crippen molar-refractivity contribution in [1.29, 1.82) is 0 Å². The van der Waals surface area contributed by atoms with Crippen LogP contribution in [0.5, 0.6) is 0 Å². The van der Waals surface area contributed by atoms with Crippen LogP contribution < -0.4 is 5.73 Å². The smallest absolute Gasteiger partial charge is 0.158 e. The first-order valence-corrected chi connectivity index (χ1v) is 5.74. The van der Waals surface area contributed by atoms with Crippen LogP contribution in [0.1, 0.15) is 25.0 Å². The van der Waals surface area contributed by atoms with Crippen molar-refractivity contribution in [3.05, 3.63) is 35.4 Å². The molecule has 0 radical (unpaired) electrons. The summed E-state index contributed by atoms with van der Waals surface area (Å²) >= 11 is 0. The molecule has 18 heavy (non-hydrogen) atoms. The topological polar surface area (TPSA) is 52.3 Å². The third-order valence-electron chi connectivity index (χ3n) is 2.75. The van der Waals surface area contributed by atoms with Crippen molar-refractivity contribution in [1.82, 2.24) is 0 Å². The summed E-state index contributed by atoms with van der Waals surface area (Å²) in [4.78, 5) is 11.1. The molecule has 2 atom stereocenters. The predicted molar refractivity (Wildman–Crippen MR) is 64.0 cm³/mol. The molecule has 1 aromatic carbocycles. The van der Waals surface area contributed by atoms with E-state index >= 15 is 0 Å². The maximum absolute atomic E-state index is 13.5. The monoisotopic (exact) mass is 257 g/mol. The second kappa shape index (κ2) is 6.56. The first-order chi connectivity index (χ1) is 8.58. The Morgan fingerprint density at radius 1 is 1.33 bits per heavy atom. The van der Waals surface area contributed by atoms with Crippen LogP contribution >= 0.6 is 0 Å². The molecule has 2 N–H and O–H groups in total. The highest BCUT2D eigenvalue weighted by Gasteiger charge is 2.30. The second-order valence-corrected chi connectivity index (χ2v) is 4.12. The lowest BCUT2D eigenvalue weighted by Crippen LogP contribution is -2.28. The average molecular weight is 257 g/mol. The highest BCUT2D eigenvalue weighted by molar-refractivity contribution is 5.80. The molecule has 0 aromatic heterocycles. The minimum absolute atomic E-state index is 0.000520. The zero-order valence-electron chi connectivity index (χ0n) is 10.5. The minimum atomic E-state index is -0.534. The second-order valence-electron chi connectivity index (χ2n) is 4.12. The molecule has 0 unspecified atom stereocenters. The molecular formula is C13H17F2NO2. The molecule has 0 aliphatic carbocycles. The van der Waals surface area contributed by atoms with E-state index in [9.17, 15) is 13.6 Å². The lowest BCUT2D eigenvalue weighted by Gasteiger charge is -2.28. The molecule has 0 spiro atoms. The first-order valence-electron chi connectivity index (χ1n) is 5.74. The van der Waals surface area contributed by atoms with Gasteiger partial charge >= 0.3 is 0 Å². The van der Waals surface area contributed by atoms with E-state index in [2.05, 4.69) is 5.73 Å². The number of rotatable bonds is 1. The van der Waals surface area contributed by atoms with Crippen molar-refractivity contribution in [2.45, 2.75) is 19.4 Å². The van der Waals surface area contributed by atoms with Crippen LogP contribution in [0.25, 0.3) is 0 Å². The summed E-state index contributed by atoms with van der Waals surface area (Å²) < 4.78 is 31.8. The van der Waals surface area contributed by atoms with Gasteiger partial charge in [0.1, 0.15) is 18.2 Å². The number of carbonyl (C=O) groups is 1. The first kappa shape index (κ1) is 14.7. The normalized spacial score (nSPS) is 23.3. The number of benzene rings is 1. The number of hydrogen-bond donors (Lipinski definition) is 1. The van der Waals surface area contributed by atoms with E-state index in [-0.39, 0.29) is 23.9 Å². The summed E-state index contributed by atoms with van der Waals surface area (Å²) in [5.74, 6) is -1.12. The summed E-state index contributed by atoms with van der Waals surface area (Å²) in [7, 11) is 1.50. The number of carbonyl (C=O) groups excluding carboxylic acids is 1. The maximum Gasteiger partial charge on any atom is 0.158 e. The van der Waals surface area contributed by atoms with Crippen LogP contribution in [0.15, 0.2) is 18.2 Å². The van der Waals surface area contributed by atoms with Crippen molar-refractivity contribution < 1.29 is 18.3 Å². The Morgan fingerprint density at radius 2 is 2.00 bits per heavy atom. The number of nitrogens with two attached hydrogens (primary N) is 1. The van der Waals surface area contributed by atoms with E-state index in [0.29, 0.717) is 6.42 Å². The molecule has 1 aromatic rings. The highest BCUT2D eigenvalue weighted by Crippen LogP contribution is 2.33. The van der Waals surface area contributed by atoms with Gasteiger partial charge in [-0.15, -0.1) is 0 Å². The number of ketones is 1. The third-order valence-corrected chi connectivity index (χ3v) is 2.75. The molecule has 1 saturated heterocycles. The van der Waals surface area contributed by atoms with Crippen LogP contribution in [0.3, 0.4) is 0 Å². The van der Waals surface area contributed by atoms with Crippen LogP contribution in [-0.2, 0) is 9.53 Å². The van der Waals surface area contributed by atoms with Gasteiger partial charge in [-0.05, 0) is 31.2 Å². The number of hydrogen-bond acceptors (Lipinski definition) is 3. The van der Waals surface area contributed by atoms with Gasteiger partial charge in [-0.3, -0.25) is 4.79 Å². The largest absolute Gasteiger partial charge is 0.365 e. The highest BCUT2D eigenvalue weighted by atomic mass is 19.1. The van der Waals surface area contributed by atoms with Gasteiger partial charge < -0.3 is 10.5 Å². The molecule has 100 valence electrons. The van der Waals surface area contributed by atoms with Gasteiger partial charge in [0.05, 0.1) is 6.10 Å². The van der Waals surface area contributed by atoms with Crippen molar-refractivity contribution in [2.75, 3.05) is 13.7 Å². The molecule has 5 heteroatoms. The molecule has 1 heterocycles. The lowest BCUT2D eigenvalue weighted by atomic mass is 9.90. The molecule has 1 aliphatic heterocycles. The molecule has 0 saturated carbocycles. The third kappa shape index (κ3) is 3.34. The Hall–Kier alpha value is -1.33. The Kier molecular flexibility index (Phi) is 5.37. The molecule has 0 bridgehead atoms. The zero-order chi connectivity index (χ0) is 13.7. The Morgan fingerprint density at radius 3 is 2.61 bits per heavy atom. The van der Waals surface area contributed by atoms with Gasteiger partial charge in [0, 0.05) is 12.0 Å². The lowest BCUT2D eigenvalue weighted by molar-refractivity contribution is -0.136. The summed E-state index contributed by atoms with van der Waals surface area (Å²) in [6.07, 6.45) is -0.186. The Labute approximate surface area is 105 Å². The van der Waals surface area contributed by atoms with Crippen molar-refractivity contribution >= 4 is 5.78 Å². The molecule has 1 aliphatic rings. The number of Topliss-reactive ketones (excluding diaryl/α,β-unsaturated/α-hetero) is 1. The van der Waals surface area contributed by atoms with E-state index in [4.69, 9.17) is 4.74 Å². The molecular weight excluding hydrogens is 240 g/mol. The average Bonchev–Trinajstić information content (AvgIpc) is 2.35. The van der Waals surface area contributed by atoms with Crippen molar-refractivity contribution in [2.24, 2.45) is 11.7 Å². The fraction of sp³-hybridized carbons (Fsp3) is 0.462. The van der Waals surface area contributed by atoms with Gasteiger partial charge in [0.25, 0.3) is 0 Å². The van der Waals surface area contributed by atoms with Crippen LogP contribution in [0, 0.1) is 17.6 Å². The van der Waals surface area contributed by atoms with Crippen LogP contribution in [-0.4, -0.2) is 19.4 Å². The van der Waals surface area contributed by atoms with E-state index in [0.717, 1.165) is 18.2 Å². The van der Waals surface area contributed by atoms with Gasteiger partial charge in [-0.2, -0.15) is 0 Å². The van der Waals surface area contributed by atoms with E-state index < -0.39 is 17.7 Å². The van der Waals surface area contributed by atoms with Gasteiger partial charge in [0.15, 0.2) is 5.78 Å². The van der Waals surface area contributed by atoms with Crippen LogP contribution in [0.2, 0.25) is 0 Å². The molecule has 0 amide bonds. The van der Waals surface area contributed by atoms with Gasteiger partial charge in [0.2, 0.25) is 0 Å². The number of ether oxygens (including phenoxy) is 1. The SMILES string of the molecule is CN.C[C@H]1CC(=O)CO[C@@H]1c1cc(F)ccc1F. The molecule has 1 fully saturated rings. The zero-order valence-corrected chi connectivity index (χ0v) is 10.5. The molecule has 2 rings (SSSR count). The fourth-order valence-corrected chi connectivity index (χ4v) is 2.00.